The van der Waals surface area contributed by atoms with Gasteiger partial charge in [0.05, 0.1) is 0 Å². The number of rotatable bonds is 3. The molecule has 1 aliphatic rings. The van der Waals surface area contributed by atoms with Gasteiger partial charge < -0.3 is 0 Å². The van der Waals surface area contributed by atoms with Crippen LogP contribution in [0.15, 0.2) is 48.8 Å². The molecule has 1 N–H and O–H groups in total. The van der Waals surface area contributed by atoms with Gasteiger partial charge >= 0.3 is 126 Å². The summed E-state index contributed by atoms with van der Waals surface area (Å²) in [5.41, 5.74) is 5.58. The van der Waals surface area contributed by atoms with Gasteiger partial charge in [0.2, 0.25) is 0 Å². The van der Waals surface area contributed by atoms with E-state index in [0.29, 0.717) is 0 Å². The average Bonchev–Trinajstić information content (AvgIpc) is 2.89. The molecular formula is C14H12BrN3Se. The van der Waals surface area contributed by atoms with Crippen molar-refractivity contribution >= 4 is 47.6 Å². The molecule has 96 valence electrons. The summed E-state index contributed by atoms with van der Waals surface area (Å²) in [6.07, 6.45) is 0. The van der Waals surface area contributed by atoms with E-state index in [-0.39, 0.29) is 14.6 Å². The molecule has 3 rings (SSSR count). The number of aryl methyl sites for hydroxylation is 1. The molecule has 0 radical (unpaired) electrons. The molecule has 5 heteroatoms. The molecule has 0 saturated carbocycles. The average molecular weight is 381 g/mol. The fraction of sp³-hybridized carbons (Fsp3) is 0.143. The Kier molecular flexibility index (Phi) is 3.69. The Bertz CT molecular complexity index is 706. The number of hydrogen-bond acceptors (Lipinski definition) is 3. The normalized spacial score (nSPS) is 12.1. The second kappa shape index (κ2) is 5.45. The van der Waals surface area contributed by atoms with Crippen molar-refractivity contribution in [1.82, 2.24) is 0 Å². The van der Waals surface area contributed by atoms with E-state index in [2.05, 4.69) is 60.4 Å². The third-order valence-corrected chi connectivity index (χ3v) is 5.00. The molecule has 3 nitrogen and oxygen atoms in total. The first kappa shape index (κ1) is 12.9. The number of anilines is 1. The molecule has 1 aliphatic heterocycles. The number of hydrogen-bond donors (Lipinski definition) is 1. The summed E-state index contributed by atoms with van der Waals surface area (Å²) in [4.78, 5) is 0. The van der Waals surface area contributed by atoms with Gasteiger partial charge in [0.1, 0.15) is 0 Å². The number of halogens is 1. The first-order valence-electron chi connectivity index (χ1n) is 5.94. The van der Waals surface area contributed by atoms with Crippen LogP contribution in [-0.4, -0.2) is 14.6 Å². The van der Waals surface area contributed by atoms with Gasteiger partial charge in [0, 0.05) is 0 Å². The zero-order valence-electron chi connectivity index (χ0n) is 10.4. The molecular weight excluding hydrogens is 369 g/mol. The molecule has 0 atom stereocenters. The van der Waals surface area contributed by atoms with Crippen LogP contribution in [0.25, 0.3) is 0 Å². The van der Waals surface area contributed by atoms with Gasteiger partial charge in [-0.25, -0.2) is 0 Å². The van der Waals surface area contributed by atoms with E-state index in [4.69, 9.17) is 0 Å². The van der Waals surface area contributed by atoms with Crippen LogP contribution in [0.3, 0.4) is 0 Å². The van der Waals surface area contributed by atoms with E-state index < -0.39 is 0 Å². The summed E-state index contributed by atoms with van der Waals surface area (Å²) < 4.78 is 10.0. The third kappa shape index (κ3) is 2.73. The Balaban J connectivity index is 1.78. The van der Waals surface area contributed by atoms with Crippen molar-refractivity contribution in [3.05, 3.63) is 52.0 Å². The molecule has 0 amide bonds. The van der Waals surface area contributed by atoms with Crippen LogP contribution in [0.1, 0.15) is 11.1 Å². The van der Waals surface area contributed by atoms with Crippen molar-refractivity contribution in [2.24, 2.45) is 7.92 Å². The fourth-order valence-corrected chi connectivity index (χ4v) is 3.47. The van der Waals surface area contributed by atoms with Gasteiger partial charge in [-0.05, 0) is 0 Å². The molecule has 2 aromatic rings. The first-order valence-corrected chi connectivity index (χ1v) is 8.27. The van der Waals surface area contributed by atoms with Crippen molar-refractivity contribution in [2.45, 2.75) is 13.5 Å². The monoisotopic (exact) mass is 381 g/mol. The molecule has 0 fully saturated rings. The standard InChI is InChI=1S/C14H12BrN3Se/c1-9-5-6-10(7-11(9)15)8-16-12-3-2-4-13-14(12)18-19-17-13/h2-7,16H,8H2,1H3. The summed E-state index contributed by atoms with van der Waals surface area (Å²) in [6.45, 7) is 2.88. The molecule has 2 aromatic carbocycles. The molecule has 0 unspecified atom stereocenters. The molecule has 0 saturated heterocycles. The van der Waals surface area contributed by atoms with E-state index in [1.807, 2.05) is 12.1 Å². The quantitative estimate of drug-likeness (QED) is 0.656. The van der Waals surface area contributed by atoms with Gasteiger partial charge in [-0.2, -0.15) is 0 Å². The number of benzene rings is 2. The van der Waals surface area contributed by atoms with Gasteiger partial charge in [0.25, 0.3) is 0 Å². The van der Waals surface area contributed by atoms with E-state index >= 15 is 0 Å². The van der Waals surface area contributed by atoms with Crippen molar-refractivity contribution < 1.29 is 0 Å². The van der Waals surface area contributed by atoms with Gasteiger partial charge in [0.15, 0.2) is 0 Å². The Hall–Kier alpha value is -1.16. The van der Waals surface area contributed by atoms with Crippen LogP contribution in [-0.2, 0) is 6.54 Å². The predicted octanol–water partition coefficient (Wildman–Crippen LogP) is 4.72. The maximum atomic E-state index is 4.47. The number of nitrogens with zero attached hydrogens (tertiary/aromatic N) is 2. The molecule has 0 bridgehead atoms. The molecule has 0 spiro atoms. The number of fused-ring (bicyclic) bond motifs is 1. The van der Waals surface area contributed by atoms with Crippen LogP contribution in [0.5, 0.6) is 0 Å². The second-order valence-electron chi connectivity index (χ2n) is 4.37. The molecule has 19 heavy (non-hydrogen) atoms. The Morgan fingerprint density at radius 1 is 1.21 bits per heavy atom. The van der Waals surface area contributed by atoms with Crippen molar-refractivity contribution in [2.75, 3.05) is 5.32 Å². The third-order valence-electron chi connectivity index (χ3n) is 3.01. The zero-order chi connectivity index (χ0) is 13.2. The maximum absolute atomic E-state index is 4.47. The summed E-state index contributed by atoms with van der Waals surface area (Å²) in [7, 11) is 0. The molecule has 1 heterocycles. The summed E-state index contributed by atoms with van der Waals surface area (Å²) in [5, 5.41) is 3.44. The summed E-state index contributed by atoms with van der Waals surface area (Å²) in [5.74, 6) is 0. The van der Waals surface area contributed by atoms with Crippen LogP contribution >= 0.6 is 15.9 Å². The zero-order valence-corrected chi connectivity index (χ0v) is 13.7. The van der Waals surface area contributed by atoms with Crippen LogP contribution in [0.2, 0.25) is 0 Å². The van der Waals surface area contributed by atoms with E-state index in [1.165, 1.54) is 11.1 Å². The minimum absolute atomic E-state index is 0.0208. The van der Waals surface area contributed by atoms with E-state index in [1.54, 1.807) is 0 Å². The van der Waals surface area contributed by atoms with Crippen LogP contribution in [0.4, 0.5) is 17.1 Å². The van der Waals surface area contributed by atoms with Crippen LogP contribution < -0.4 is 5.32 Å². The van der Waals surface area contributed by atoms with Crippen molar-refractivity contribution in [3.8, 4) is 0 Å². The predicted molar refractivity (Wildman–Crippen MR) is 82.6 cm³/mol. The first-order chi connectivity index (χ1) is 9.24. The van der Waals surface area contributed by atoms with Crippen molar-refractivity contribution in [3.63, 3.8) is 0 Å². The fourth-order valence-electron chi connectivity index (χ4n) is 1.89. The Labute approximate surface area is 126 Å². The second-order valence-corrected chi connectivity index (χ2v) is 6.34. The Morgan fingerprint density at radius 3 is 2.95 bits per heavy atom. The summed E-state index contributed by atoms with van der Waals surface area (Å²) in [6, 6.07) is 12.5. The van der Waals surface area contributed by atoms with Crippen LogP contribution in [0, 0.1) is 6.92 Å². The molecule has 0 aliphatic carbocycles. The van der Waals surface area contributed by atoms with Gasteiger partial charge in [-0.1, -0.05) is 0 Å². The summed E-state index contributed by atoms with van der Waals surface area (Å²) >= 11 is 3.58. The number of nitrogens with one attached hydrogen (secondary N) is 1. The van der Waals surface area contributed by atoms with E-state index in [0.717, 1.165) is 28.1 Å². The van der Waals surface area contributed by atoms with Crippen molar-refractivity contribution in [1.29, 1.82) is 0 Å². The Morgan fingerprint density at radius 2 is 2.11 bits per heavy atom. The van der Waals surface area contributed by atoms with Gasteiger partial charge in [-0.3, -0.25) is 0 Å². The van der Waals surface area contributed by atoms with Gasteiger partial charge in [-0.15, -0.1) is 0 Å². The minimum atomic E-state index is 0.0208. The topological polar surface area (TPSA) is 36.8 Å². The molecule has 0 aromatic heterocycles. The van der Waals surface area contributed by atoms with E-state index in [9.17, 15) is 0 Å². The SMILES string of the molecule is Cc1ccc(CNc2cccc3c2N=[Se]=N3)cc1Br.